The Hall–Kier alpha value is -2.81. The molecule has 0 aliphatic rings. The maximum Gasteiger partial charge on any atom is 0.225 e. The zero-order valence-electron chi connectivity index (χ0n) is 10.9. The van der Waals surface area contributed by atoms with E-state index in [0.29, 0.717) is 11.6 Å². The number of rotatable bonds is 4. The third kappa shape index (κ3) is 3.83. The van der Waals surface area contributed by atoms with Gasteiger partial charge in [-0.15, -0.1) is 0 Å². The van der Waals surface area contributed by atoms with Gasteiger partial charge in [0.2, 0.25) is 5.91 Å². The minimum atomic E-state index is -1.17. The number of nitriles is 1. The van der Waals surface area contributed by atoms with E-state index in [2.05, 4.69) is 10.3 Å². The molecule has 0 spiro atoms. The summed E-state index contributed by atoms with van der Waals surface area (Å²) in [5, 5.41) is 11.5. The number of carbonyl (C=O) groups excluding carboxylic acids is 1. The molecule has 0 bridgehead atoms. The Morgan fingerprint density at radius 3 is 2.81 bits per heavy atom. The maximum atomic E-state index is 13.6. The lowest BCUT2D eigenvalue weighted by Gasteiger charge is -2.12. The zero-order valence-corrected chi connectivity index (χ0v) is 10.9. The Morgan fingerprint density at radius 1 is 1.38 bits per heavy atom. The first-order chi connectivity index (χ1) is 10.1. The molecule has 1 N–H and O–H groups in total. The Morgan fingerprint density at radius 2 is 2.19 bits per heavy atom. The lowest BCUT2D eigenvalue weighted by molar-refractivity contribution is -0.120. The van der Waals surface area contributed by atoms with Gasteiger partial charge in [-0.2, -0.15) is 5.26 Å². The van der Waals surface area contributed by atoms with E-state index >= 15 is 0 Å². The van der Waals surface area contributed by atoms with E-state index in [-0.39, 0.29) is 12.0 Å². The number of benzene rings is 1. The number of nitrogens with one attached hydrogen (secondary N) is 1. The third-order valence-corrected chi connectivity index (χ3v) is 2.80. The standard InChI is InChI=1S/C15H11F2N3O/c16-11-3-4-12(13(17)7-11)14(8-18)20-15(21)6-10-2-1-5-19-9-10/h1-5,7,9,14H,6H2,(H,20,21). The molecule has 1 heterocycles. The number of hydrogen-bond acceptors (Lipinski definition) is 3. The van der Waals surface area contributed by atoms with E-state index in [4.69, 9.17) is 5.26 Å². The Labute approximate surface area is 120 Å². The van der Waals surface area contributed by atoms with Crippen LogP contribution in [0, 0.1) is 23.0 Å². The van der Waals surface area contributed by atoms with E-state index in [0.717, 1.165) is 12.1 Å². The number of hydrogen-bond donors (Lipinski definition) is 1. The molecule has 0 radical (unpaired) electrons. The number of amides is 1. The number of pyridine rings is 1. The third-order valence-electron chi connectivity index (χ3n) is 2.80. The van der Waals surface area contributed by atoms with Crippen molar-refractivity contribution in [3.05, 3.63) is 65.5 Å². The summed E-state index contributed by atoms with van der Waals surface area (Å²) in [5.41, 5.74) is 0.602. The quantitative estimate of drug-likeness (QED) is 0.938. The van der Waals surface area contributed by atoms with E-state index in [1.165, 1.54) is 6.20 Å². The summed E-state index contributed by atoms with van der Waals surface area (Å²) in [6, 6.07) is 6.87. The van der Waals surface area contributed by atoms with Crippen LogP contribution in [0.25, 0.3) is 0 Å². The monoisotopic (exact) mass is 287 g/mol. The second-order valence-electron chi connectivity index (χ2n) is 4.33. The average molecular weight is 287 g/mol. The number of nitrogens with zero attached hydrogens (tertiary/aromatic N) is 2. The van der Waals surface area contributed by atoms with Crippen molar-refractivity contribution in [2.75, 3.05) is 0 Å². The predicted octanol–water partition coefficient (Wildman–Crippen LogP) is 2.28. The molecule has 0 fully saturated rings. The van der Waals surface area contributed by atoms with Gasteiger partial charge in [-0.1, -0.05) is 12.1 Å². The highest BCUT2D eigenvalue weighted by Gasteiger charge is 2.18. The van der Waals surface area contributed by atoms with Crippen LogP contribution in [0.1, 0.15) is 17.2 Å². The molecule has 0 aliphatic carbocycles. The molecule has 0 aliphatic heterocycles. The fourth-order valence-electron chi connectivity index (χ4n) is 1.82. The Balaban J connectivity index is 2.09. The number of aromatic nitrogens is 1. The lowest BCUT2D eigenvalue weighted by atomic mass is 10.1. The van der Waals surface area contributed by atoms with Crippen LogP contribution < -0.4 is 5.32 Å². The normalized spacial score (nSPS) is 11.5. The second kappa shape index (κ2) is 6.57. The zero-order chi connectivity index (χ0) is 15.2. The highest BCUT2D eigenvalue weighted by atomic mass is 19.1. The highest BCUT2D eigenvalue weighted by Crippen LogP contribution is 2.17. The molecule has 2 aromatic rings. The van der Waals surface area contributed by atoms with Crippen LogP contribution in [-0.4, -0.2) is 10.9 Å². The summed E-state index contributed by atoms with van der Waals surface area (Å²) in [4.78, 5) is 15.7. The first-order valence-corrected chi connectivity index (χ1v) is 6.13. The van der Waals surface area contributed by atoms with Gasteiger partial charge in [-0.05, 0) is 17.7 Å². The van der Waals surface area contributed by atoms with Gasteiger partial charge in [0.1, 0.15) is 17.7 Å². The van der Waals surface area contributed by atoms with Crippen LogP contribution in [0.15, 0.2) is 42.7 Å². The van der Waals surface area contributed by atoms with Crippen molar-refractivity contribution in [1.29, 1.82) is 5.26 Å². The Kier molecular flexibility index (Phi) is 4.57. The summed E-state index contributed by atoms with van der Waals surface area (Å²) < 4.78 is 26.5. The van der Waals surface area contributed by atoms with Crippen LogP contribution in [0.4, 0.5) is 8.78 Å². The molecule has 1 aromatic carbocycles. The molecule has 2 rings (SSSR count). The molecular weight excluding hydrogens is 276 g/mol. The lowest BCUT2D eigenvalue weighted by Crippen LogP contribution is -2.29. The van der Waals surface area contributed by atoms with Crippen molar-refractivity contribution in [3.63, 3.8) is 0 Å². The van der Waals surface area contributed by atoms with Crippen molar-refractivity contribution < 1.29 is 13.6 Å². The van der Waals surface area contributed by atoms with Crippen LogP contribution in [-0.2, 0) is 11.2 Å². The van der Waals surface area contributed by atoms with Crippen molar-refractivity contribution in [2.45, 2.75) is 12.5 Å². The van der Waals surface area contributed by atoms with Gasteiger partial charge in [-0.25, -0.2) is 8.78 Å². The smallest absolute Gasteiger partial charge is 0.225 e. The minimum Gasteiger partial charge on any atom is -0.336 e. The van der Waals surface area contributed by atoms with E-state index in [9.17, 15) is 13.6 Å². The first kappa shape index (κ1) is 14.6. The summed E-state index contributed by atoms with van der Waals surface area (Å²) in [5.74, 6) is -2.06. The van der Waals surface area contributed by atoms with E-state index < -0.39 is 23.6 Å². The molecule has 1 unspecified atom stereocenters. The average Bonchev–Trinajstić information content (AvgIpc) is 2.46. The summed E-state index contributed by atoms with van der Waals surface area (Å²) >= 11 is 0. The molecule has 1 aromatic heterocycles. The molecule has 1 amide bonds. The minimum absolute atomic E-state index is 0.0227. The van der Waals surface area contributed by atoms with Crippen LogP contribution >= 0.6 is 0 Å². The highest BCUT2D eigenvalue weighted by molar-refractivity contribution is 5.79. The van der Waals surface area contributed by atoms with Gasteiger partial charge >= 0.3 is 0 Å². The first-order valence-electron chi connectivity index (χ1n) is 6.13. The SMILES string of the molecule is N#CC(NC(=O)Cc1cccnc1)c1ccc(F)cc1F. The van der Waals surface area contributed by atoms with E-state index in [1.54, 1.807) is 24.4 Å². The molecule has 0 saturated heterocycles. The topological polar surface area (TPSA) is 65.8 Å². The van der Waals surface area contributed by atoms with Gasteiger partial charge in [0.15, 0.2) is 0 Å². The van der Waals surface area contributed by atoms with Gasteiger partial charge < -0.3 is 5.32 Å². The van der Waals surface area contributed by atoms with Gasteiger partial charge in [0, 0.05) is 24.0 Å². The summed E-state index contributed by atoms with van der Waals surface area (Å²) in [6.07, 6.45) is 3.13. The maximum absolute atomic E-state index is 13.6. The van der Waals surface area contributed by atoms with Crippen LogP contribution in [0.3, 0.4) is 0 Å². The van der Waals surface area contributed by atoms with Crippen LogP contribution in [0.5, 0.6) is 0 Å². The second-order valence-corrected chi connectivity index (χ2v) is 4.33. The predicted molar refractivity (Wildman–Crippen MR) is 70.8 cm³/mol. The molecule has 1 atom stereocenters. The molecule has 4 nitrogen and oxygen atoms in total. The van der Waals surface area contributed by atoms with Gasteiger partial charge in [0.25, 0.3) is 0 Å². The Bertz CT molecular complexity index is 683. The fourth-order valence-corrected chi connectivity index (χ4v) is 1.82. The molecule has 6 heteroatoms. The largest absolute Gasteiger partial charge is 0.336 e. The van der Waals surface area contributed by atoms with Crippen molar-refractivity contribution >= 4 is 5.91 Å². The molecule has 106 valence electrons. The van der Waals surface area contributed by atoms with Crippen molar-refractivity contribution in [2.24, 2.45) is 0 Å². The van der Waals surface area contributed by atoms with Gasteiger partial charge in [-0.3, -0.25) is 9.78 Å². The summed E-state index contributed by atoms with van der Waals surface area (Å²) in [6.45, 7) is 0. The summed E-state index contributed by atoms with van der Waals surface area (Å²) in [7, 11) is 0. The number of carbonyl (C=O) groups is 1. The van der Waals surface area contributed by atoms with Crippen molar-refractivity contribution in [1.82, 2.24) is 10.3 Å². The van der Waals surface area contributed by atoms with Crippen molar-refractivity contribution in [3.8, 4) is 6.07 Å². The fraction of sp³-hybridized carbons (Fsp3) is 0.133. The van der Waals surface area contributed by atoms with Crippen LogP contribution in [0.2, 0.25) is 0 Å². The molecule has 21 heavy (non-hydrogen) atoms. The van der Waals surface area contributed by atoms with Gasteiger partial charge in [0.05, 0.1) is 12.5 Å². The number of halogens is 2. The molecule has 0 saturated carbocycles. The van der Waals surface area contributed by atoms with E-state index in [1.807, 2.05) is 0 Å². The molecular formula is C15H11F2N3O.